The second-order valence-electron chi connectivity index (χ2n) is 4.47. The standard InChI is InChI=1S/C14H14N2O3/c1-2-18-14(17)13-15-12(16-19-13)11-8-7-9-5-3-4-6-10(9)11/h3-6,11H,2,7-8H2,1H3. The van der Waals surface area contributed by atoms with E-state index in [0.717, 1.165) is 12.8 Å². The predicted octanol–water partition coefficient (Wildman–Crippen LogP) is 2.32. The Bertz CT molecular complexity index is 606. The molecule has 0 aliphatic heterocycles. The van der Waals surface area contributed by atoms with Gasteiger partial charge < -0.3 is 9.26 Å². The fourth-order valence-corrected chi connectivity index (χ4v) is 2.48. The van der Waals surface area contributed by atoms with Gasteiger partial charge in [-0.25, -0.2) is 4.79 Å². The van der Waals surface area contributed by atoms with E-state index >= 15 is 0 Å². The van der Waals surface area contributed by atoms with Gasteiger partial charge in [0.25, 0.3) is 0 Å². The van der Waals surface area contributed by atoms with Crippen LogP contribution in [-0.4, -0.2) is 22.7 Å². The number of hydrogen-bond acceptors (Lipinski definition) is 5. The predicted molar refractivity (Wildman–Crippen MR) is 66.9 cm³/mol. The highest BCUT2D eigenvalue weighted by Crippen LogP contribution is 2.36. The third kappa shape index (κ3) is 2.12. The second-order valence-corrected chi connectivity index (χ2v) is 4.47. The Morgan fingerprint density at radius 2 is 2.32 bits per heavy atom. The molecule has 0 radical (unpaired) electrons. The second kappa shape index (κ2) is 4.84. The zero-order valence-corrected chi connectivity index (χ0v) is 10.6. The maximum Gasteiger partial charge on any atom is 0.397 e. The number of carbonyl (C=O) groups is 1. The van der Waals surface area contributed by atoms with Gasteiger partial charge >= 0.3 is 11.9 Å². The summed E-state index contributed by atoms with van der Waals surface area (Å²) in [5, 5.41) is 3.91. The van der Waals surface area contributed by atoms with Gasteiger partial charge in [0, 0.05) is 5.92 Å². The monoisotopic (exact) mass is 258 g/mol. The van der Waals surface area contributed by atoms with Crippen LogP contribution in [0, 0.1) is 0 Å². The van der Waals surface area contributed by atoms with Crippen LogP contribution in [-0.2, 0) is 11.2 Å². The Kier molecular flexibility index (Phi) is 3.03. The maximum atomic E-state index is 11.5. The highest BCUT2D eigenvalue weighted by Gasteiger charge is 2.28. The van der Waals surface area contributed by atoms with E-state index in [1.807, 2.05) is 12.1 Å². The Hall–Kier alpha value is -2.17. The van der Waals surface area contributed by atoms with Crippen molar-refractivity contribution >= 4 is 5.97 Å². The molecule has 0 saturated heterocycles. The van der Waals surface area contributed by atoms with Gasteiger partial charge in [0.1, 0.15) is 0 Å². The van der Waals surface area contributed by atoms with Crippen LogP contribution in [0.25, 0.3) is 0 Å². The van der Waals surface area contributed by atoms with Crippen LogP contribution in [0.1, 0.15) is 46.9 Å². The first kappa shape index (κ1) is 11.9. The van der Waals surface area contributed by atoms with Crippen molar-refractivity contribution in [2.24, 2.45) is 0 Å². The molecule has 0 bridgehead atoms. The molecule has 0 amide bonds. The highest BCUT2D eigenvalue weighted by atomic mass is 16.6. The minimum Gasteiger partial charge on any atom is -0.459 e. The number of aryl methyl sites for hydroxylation is 1. The van der Waals surface area contributed by atoms with Crippen molar-refractivity contribution < 1.29 is 14.1 Å². The van der Waals surface area contributed by atoms with Crippen LogP contribution in [0.15, 0.2) is 28.8 Å². The minimum absolute atomic E-state index is 0.0683. The molecule has 0 saturated carbocycles. The van der Waals surface area contributed by atoms with Crippen molar-refractivity contribution in [3.8, 4) is 0 Å². The van der Waals surface area contributed by atoms with Gasteiger partial charge in [0.05, 0.1) is 6.61 Å². The van der Waals surface area contributed by atoms with E-state index < -0.39 is 5.97 Å². The number of aromatic nitrogens is 2. The molecule has 5 nitrogen and oxygen atoms in total. The summed E-state index contributed by atoms with van der Waals surface area (Å²) in [6.45, 7) is 2.03. The van der Waals surface area contributed by atoms with Crippen LogP contribution in [0.4, 0.5) is 0 Å². The lowest BCUT2D eigenvalue weighted by Gasteiger charge is -2.05. The lowest BCUT2D eigenvalue weighted by molar-refractivity contribution is 0.0470. The van der Waals surface area contributed by atoms with Crippen LogP contribution in [0.5, 0.6) is 0 Å². The smallest absolute Gasteiger partial charge is 0.397 e. The fraction of sp³-hybridized carbons (Fsp3) is 0.357. The van der Waals surface area contributed by atoms with Gasteiger partial charge in [0.15, 0.2) is 5.82 Å². The van der Waals surface area contributed by atoms with Crippen molar-refractivity contribution in [3.63, 3.8) is 0 Å². The average Bonchev–Trinajstić information content (AvgIpc) is 3.05. The van der Waals surface area contributed by atoms with Gasteiger partial charge in [-0.2, -0.15) is 4.98 Å². The summed E-state index contributed by atoms with van der Waals surface area (Å²) in [5.41, 5.74) is 2.54. The van der Waals surface area contributed by atoms with Crippen molar-refractivity contribution in [2.45, 2.75) is 25.7 Å². The van der Waals surface area contributed by atoms with Gasteiger partial charge in [-0.1, -0.05) is 29.4 Å². The number of benzene rings is 1. The Morgan fingerprint density at radius 1 is 1.47 bits per heavy atom. The van der Waals surface area contributed by atoms with E-state index in [-0.39, 0.29) is 11.8 Å². The number of rotatable bonds is 3. The molecule has 1 aliphatic rings. The first-order chi connectivity index (χ1) is 9.29. The van der Waals surface area contributed by atoms with E-state index in [0.29, 0.717) is 12.4 Å². The molecule has 19 heavy (non-hydrogen) atoms. The number of fused-ring (bicyclic) bond motifs is 1. The molecule has 1 aliphatic carbocycles. The molecule has 1 unspecified atom stereocenters. The summed E-state index contributed by atoms with van der Waals surface area (Å²) in [4.78, 5) is 15.7. The molecule has 98 valence electrons. The summed E-state index contributed by atoms with van der Waals surface area (Å²) in [7, 11) is 0. The Balaban J connectivity index is 1.87. The normalized spacial score (nSPS) is 17.2. The first-order valence-corrected chi connectivity index (χ1v) is 6.38. The molecular weight excluding hydrogens is 244 g/mol. The van der Waals surface area contributed by atoms with Crippen LogP contribution < -0.4 is 0 Å². The zero-order valence-electron chi connectivity index (χ0n) is 10.6. The first-order valence-electron chi connectivity index (χ1n) is 6.38. The van der Waals surface area contributed by atoms with Crippen LogP contribution >= 0.6 is 0 Å². The molecule has 0 spiro atoms. The number of carbonyl (C=O) groups excluding carboxylic acids is 1. The van der Waals surface area contributed by atoms with E-state index in [1.165, 1.54) is 11.1 Å². The van der Waals surface area contributed by atoms with Gasteiger partial charge in [-0.15, -0.1) is 0 Å². The third-order valence-electron chi connectivity index (χ3n) is 3.34. The molecule has 3 rings (SSSR count). The van der Waals surface area contributed by atoms with E-state index in [1.54, 1.807) is 6.92 Å². The van der Waals surface area contributed by atoms with E-state index in [2.05, 4.69) is 22.3 Å². The number of hydrogen-bond donors (Lipinski definition) is 0. The van der Waals surface area contributed by atoms with E-state index in [9.17, 15) is 4.79 Å². The minimum atomic E-state index is -0.562. The van der Waals surface area contributed by atoms with Crippen LogP contribution in [0.2, 0.25) is 0 Å². The molecule has 0 fully saturated rings. The summed E-state index contributed by atoms with van der Waals surface area (Å²) in [6.07, 6.45) is 1.95. The lowest BCUT2D eigenvalue weighted by atomic mass is 10.0. The van der Waals surface area contributed by atoms with Gasteiger partial charge in [-0.05, 0) is 30.9 Å². The fourth-order valence-electron chi connectivity index (χ4n) is 2.48. The summed E-state index contributed by atoms with van der Waals surface area (Å²) < 4.78 is 9.81. The molecule has 5 heteroatoms. The van der Waals surface area contributed by atoms with Gasteiger partial charge in [0.2, 0.25) is 0 Å². The Labute approximate surface area is 110 Å². The molecule has 1 heterocycles. The number of ether oxygens (including phenoxy) is 1. The molecule has 0 N–H and O–H groups in total. The van der Waals surface area contributed by atoms with Crippen molar-refractivity contribution in [1.29, 1.82) is 0 Å². The van der Waals surface area contributed by atoms with E-state index in [4.69, 9.17) is 9.26 Å². The largest absolute Gasteiger partial charge is 0.459 e. The maximum absolute atomic E-state index is 11.5. The number of esters is 1. The van der Waals surface area contributed by atoms with Crippen molar-refractivity contribution in [1.82, 2.24) is 10.1 Å². The van der Waals surface area contributed by atoms with Crippen LogP contribution in [0.3, 0.4) is 0 Å². The summed E-state index contributed by atoms with van der Waals surface area (Å²) in [6, 6.07) is 8.22. The summed E-state index contributed by atoms with van der Waals surface area (Å²) >= 11 is 0. The van der Waals surface area contributed by atoms with Crippen molar-refractivity contribution in [2.75, 3.05) is 6.61 Å². The molecule has 1 aromatic heterocycles. The average molecular weight is 258 g/mol. The highest BCUT2D eigenvalue weighted by molar-refractivity contribution is 5.84. The quantitative estimate of drug-likeness (QED) is 0.790. The molecule has 1 aromatic carbocycles. The SMILES string of the molecule is CCOC(=O)c1nc(C2CCc3ccccc32)no1. The zero-order chi connectivity index (χ0) is 13.2. The molecule has 2 aromatic rings. The molecule has 1 atom stereocenters. The lowest BCUT2D eigenvalue weighted by Crippen LogP contribution is -2.06. The Morgan fingerprint density at radius 3 is 3.16 bits per heavy atom. The molecular formula is C14H14N2O3. The number of nitrogens with zero attached hydrogens (tertiary/aromatic N) is 2. The third-order valence-corrected chi connectivity index (χ3v) is 3.34. The van der Waals surface area contributed by atoms with Crippen molar-refractivity contribution in [3.05, 3.63) is 47.1 Å². The van der Waals surface area contributed by atoms with Gasteiger partial charge in [-0.3, -0.25) is 0 Å². The topological polar surface area (TPSA) is 65.2 Å². The summed E-state index contributed by atoms with van der Waals surface area (Å²) in [5.74, 6) is 0.0462.